The van der Waals surface area contributed by atoms with Gasteiger partial charge in [0.05, 0.1) is 0 Å². The number of hydrogen-bond donors (Lipinski definition) is 2. The highest BCUT2D eigenvalue weighted by atomic mass is 79.9. The third-order valence-electron chi connectivity index (χ3n) is 1.41. The van der Waals surface area contributed by atoms with E-state index in [4.69, 9.17) is 5.73 Å². The van der Waals surface area contributed by atoms with Gasteiger partial charge in [-0.1, -0.05) is 29.4 Å². The molecule has 3 N–H and O–H groups in total. The van der Waals surface area contributed by atoms with Crippen molar-refractivity contribution in [3.8, 4) is 0 Å². The predicted molar refractivity (Wildman–Crippen MR) is 53.9 cm³/mol. The van der Waals surface area contributed by atoms with Crippen molar-refractivity contribution in [3.05, 3.63) is 11.1 Å². The van der Waals surface area contributed by atoms with Crippen molar-refractivity contribution in [2.24, 2.45) is 11.7 Å². The van der Waals surface area contributed by atoms with E-state index in [0.717, 1.165) is 4.48 Å². The zero-order chi connectivity index (χ0) is 9.56. The number of rotatable bonds is 5. The molecule has 0 spiro atoms. The van der Waals surface area contributed by atoms with Crippen LogP contribution in [0.3, 0.4) is 0 Å². The second-order valence-electron chi connectivity index (χ2n) is 2.84. The molecule has 0 saturated heterocycles. The summed E-state index contributed by atoms with van der Waals surface area (Å²) in [5.74, 6) is 0.266. The molecule has 4 heteroatoms. The normalized spacial score (nSPS) is 12.2. The van der Waals surface area contributed by atoms with Gasteiger partial charge in [-0.05, 0) is 12.5 Å². The molecule has 3 nitrogen and oxygen atoms in total. The second-order valence-corrected chi connectivity index (χ2v) is 3.96. The summed E-state index contributed by atoms with van der Waals surface area (Å²) >= 11 is 3.15. The molecule has 1 unspecified atom stereocenters. The minimum absolute atomic E-state index is 0.0218. The maximum atomic E-state index is 11.1. The van der Waals surface area contributed by atoms with Crippen molar-refractivity contribution in [2.75, 3.05) is 13.1 Å². The minimum Gasteiger partial charge on any atom is -0.352 e. The number of halogens is 1. The Hall–Kier alpha value is -0.350. The minimum atomic E-state index is 0.0218. The molecule has 0 saturated carbocycles. The van der Waals surface area contributed by atoms with Crippen LogP contribution in [0.5, 0.6) is 0 Å². The Balaban J connectivity index is 3.53. The number of carbonyl (C=O) groups is 1. The van der Waals surface area contributed by atoms with Crippen LogP contribution in [0.2, 0.25) is 0 Å². The van der Waals surface area contributed by atoms with Gasteiger partial charge in [-0.25, -0.2) is 0 Å². The molecule has 0 aromatic rings. The average molecular weight is 235 g/mol. The maximum absolute atomic E-state index is 11.1. The lowest BCUT2D eigenvalue weighted by molar-refractivity contribution is -0.121. The Bertz CT molecular complexity index is 170. The van der Waals surface area contributed by atoms with Crippen LogP contribution < -0.4 is 11.1 Å². The predicted octanol–water partition coefficient (Wildman–Crippen LogP) is 0.996. The van der Waals surface area contributed by atoms with Gasteiger partial charge in [-0.15, -0.1) is 0 Å². The first-order chi connectivity index (χ1) is 5.56. The Kier molecular flexibility index (Phi) is 6.02. The molecule has 1 amide bonds. The zero-order valence-electron chi connectivity index (χ0n) is 7.27. The number of nitrogens with one attached hydrogen (secondary N) is 1. The van der Waals surface area contributed by atoms with E-state index in [1.54, 1.807) is 0 Å². The molecule has 0 fully saturated rings. The highest BCUT2D eigenvalue weighted by Gasteiger charge is 2.06. The highest BCUT2D eigenvalue weighted by molar-refractivity contribution is 9.11. The molecule has 0 bridgehead atoms. The molecule has 0 aromatic carbocycles. The summed E-state index contributed by atoms with van der Waals surface area (Å²) in [6.45, 7) is 6.58. The van der Waals surface area contributed by atoms with Crippen LogP contribution in [-0.2, 0) is 4.79 Å². The summed E-state index contributed by atoms with van der Waals surface area (Å²) in [5, 5.41) is 2.71. The van der Waals surface area contributed by atoms with E-state index in [2.05, 4.69) is 27.8 Å². The molecule has 0 aliphatic rings. The number of hydrogen-bond acceptors (Lipinski definition) is 2. The van der Waals surface area contributed by atoms with Crippen LogP contribution in [0.4, 0.5) is 0 Å². The van der Waals surface area contributed by atoms with Crippen molar-refractivity contribution in [3.63, 3.8) is 0 Å². The van der Waals surface area contributed by atoms with Crippen molar-refractivity contribution in [1.29, 1.82) is 0 Å². The van der Waals surface area contributed by atoms with Gasteiger partial charge in [0, 0.05) is 17.4 Å². The van der Waals surface area contributed by atoms with E-state index in [0.29, 0.717) is 19.5 Å². The van der Waals surface area contributed by atoms with Crippen LogP contribution in [0, 0.1) is 5.92 Å². The van der Waals surface area contributed by atoms with Gasteiger partial charge in [0.25, 0.3) is 0 Å². The fourth-order valence-electron chi connectivity index (χ4n) is 0.666. The van der Waals surface area contributed by atoms with Gasteiger partial charge in [0.15, 0.2) is 0 Å². The Morgan fingerprint density at radius 1 is 1.75 bits per heavy atom. The van der Waals surface area contributed by atoms with Crippen molar-refractivity contribution in [2.45, 2.75) is 13.3 Å². The van der Waals surface area contributed by atoms with Gasteiger partial charge in [0.2, 0.25) is 5.91 Å². The molecule has 0 rings (SSSR count). The van der Waals surface area contributed by atoms with E-state index in [1.807, 2.05) is 6.92 Å². The SMILES string of the molecule is C=C(Br)CNC(=O)CC(C)CN. The molecule has 0 heterocycles. The van der Waals surface area contributed by atoms with E-state index in [-0.39, 0.29) is 11.8 Å². The molecule has 0 radical (unpaired) electrons. The van der Waals surface area contributed by atoms with Crippen molar-refractivity contribution < 1.29 is 4.79 Å². The fourth-order valence-corrected chi connectivity index (χ4v) is 0.807. The quantitative estimate of drug-likeness (QED) is 0.746. The molecule has 70 valence electrons. The monoisotopic (exact) mass is 234 g/mol. The Labute approximate surface area is 81.5 Å². The van der Waals surface area contributed by atoms with Crippen LogP contribution in [0.25, 0.3) is 0 Å². The van der Waals surface area contributed by atoms with E-state index >= 15 is 0 Å². The van der Waals surface area contributed by atoms with Gasteiger partial charge in [-0.3, -0.25) is 4.79 Å². The number of amides is 1. The zero-order valence-corrected chi connectivity index (χ0v) is 8.86. The van der Waals surface area contributed by atoms with Gasteiger partial charge in [-0.2, -0.15) is 0 Å². The summed E-state index contributed by atoms with van der Waals surface area (Å²) in [4.78, 5) is 11.1. The third kappa shape index (κ3) is 6.37. The van der Waals surface area contributed by atoms with Crippen LogP contribution >= 0.6 is 15.9 Å². The topological polar surface area (TPSA) is 55.1 Å². The first-order valence-corrected chi connectivity index (χ1v) is 4.65. The molecular formula is C8H15BrN2O. The lowest BCUT2D eigenvalue weighted by Gasteiger charge is -2.08. The second kappa shape index (κ2) is 6.20. The van der Waals surface area contributed by atoms with Crippen molar-refractivity contribution in [1.82, 2.24) is 5.32 Å². The molecule has 0 aliphatic heterocycles. The van der Waals surface area contributed by atoms with Crippen LogP contribution in [0.15, 0.2) is 11.1 Å². The summed E-state index contributed by atoms with van der Waals surface area (Å²) < 4.78 is 0.774. The summed E-state index contributed by atoms with van der Waals surface area (Å²) in [7, 11) is 0. The van der Waals surface area contributed by atoms with Gasteiger partial charge >= 0.3 is 0 Å². The smallest absolute Gasteiger partial charge is 0.220 e. The Morgan fingerprint density at radius 2 is 2.33 bits per heavy atom. The summed E-state index contributed by atoms with van der Waals surface area (Å²) in [6, 6.07) is 0. The molecular weight excluding hydrogens is 220 g/mol. The number of nitrogens with two attached hydrogens (primary N) is 1. The van der Waals surface area contributed by atoms with E-state index in [1.165, 1.54) is 0 Å². The lowest BCUT2D eigenvalue weighted by atomic mass is 10.1. The maximum Gasteiger partial charge on any atom is 0.220 e. The number of carbonyl (C=O) groups excluding carboxylic acids is 1. The molecule has 12 heavy (non-hydrogen) atoms. The Morgan fingerprint density at radius 3 is 2.75 bits per heavy atom. The van der Waals surface area contributed by atoms with E-state index in [9.17, 15) is 4.79 Å². The molecule has 0 aromatic heterocycles. The van der Waals surface area contributed by atoms with Crippen molar-refractivity contribution >= 4 is 21.8 Å². The van der Waals surface area contributed by atoms with E-state index < -0.39 is 0 Å². The van der Waals surface area contributed by atoms with Gasteiger partial charge < -0.3 is 11.1 Å². The van der Waals surface area contributed by atoms with Crippen LogP contribution in [-0.4, -0.2) is 19.0 Å². The summed E-state index contributed by atoms with van der Waals surface area (Å²) in [5.41, 5.74) is 5.37. The first-order valence-electron chi connectivity index (χ1n) is 3.86. The molecule has 1 atom stereocenters. The van der Waals surface area contributed by atoms with Gasteiger partial charge in [0.1, 0.15) is 0 Å². The van der Waals surface area contributed by atoms with Crippen LogP contribution in [0.1, 0.15) is 13.3 Å². The fraction of sp³-hybridized carbons (Fsp3) is 0.625. The largest absolute Gasteiger partial charge is 0.352 e. The molecule has 0 aliphatic carbocycles. The standard InChI is InChI=1S/C8H15BrN2O/c1-6(4-10)3-8(12)11-5-7(2)9/h6H,2-5,10H2,1H3,(H,11,12). The highest BCUT2D eigenvalue weighted by Crippen LogP contribution is 2.00. The lowest BCUT2D eigenvalue weighted by Crippen LogP contribution is -2.27. The average Bonchev–Trinajstić information content (AvgIpc) is 2.00. The summed E-state index contributed by atoms with van der Waals surface area (Å²) in [6.07, 6.45) is 0.483. The third-order valence-corrected chi connectivity index (χ3v) is 1.69. The first kappa shape index (κ1) is 11.6.